The molecule has 0 radical (unpaired) electrons. The van der Waals surface area contributed by atoms with Crippen LogP contribution in [0.4, 0.5) is 0 Å². The minimum atomic E-state index is -1.89. The van der Waals surface area contributed by atoms with Gasteiger partial charge in [0.1, 0.15) is 34.7 Å². The SMILES string of the molecule is Clc1ccc(Oc2cccc(/C=C/C[P+](c3ccccc3)(c3ccccc3)c3ccccc3)c2)cc1. The molecule has 3 heteroatoms. The van der Waals surface area contributed by atoms with E-state index in [4.69, 9.17) is 16.3 Å². The average molecular weight is 506 g/mol. The van der Waals surface area contributed by atoms with E-state index in [9.17, 15) is 0 Å². The monoisotopic (exact) mass is 505 g/mol. The Labute approximate surface area is 219 Å². The van der Waals surface area contributed by atoms with Gasteiger partial charge in [0, 0.05) is 5.02 Å². The van der Waals surface area contributed by atoms with Crippen molar-refractivity contribution in [1.29, 1.82) is 0 Å². The number of halogens is 1. The predicted octanol–water partition coefficient (Wildman–Crippen LogP) is 8.14. The van der Waals surface area contributed by atoms with Crippen LogP contribution in [0.15, 0.2) is 146 Å². The normalized spacial score (nSPS) is 11.5. The number of hydrogen-bond donors (Lipinski definition) is 0. The molecule has 0 spiro atoms. The van der Waals surface area contributed by atoms with Crippen LogP contribution in [-0.2, 0) is 0 Å². The third kappa shape index (κ3) is 5.44. The molecular weight excluding hydrogens is 479 g/mol. The fourth-order valence-electron chi connectivity index (χ4n) is 4.48. The van der Waals surface area contributed by atoms with E-state index in [0.717, 1.165) is 23.2 Å². The van der Waals surface area contributed by atoms with E-state index in [2.05, 4.69) is 115 Å². The standard InChI is InChI=1S/C33H27ClOP/c34-28-21-23-29(24-22-28)35-30-14-10-12-27(26-30)13-11-25-36(31-15-4-1-5-16-31,32-17-6-2-7-18-32)33-19-8-3-9-20-33/h1-24,26H,25H2/q+1/b13-11+. The highest BCUT2D eigenvalue weighted by molar-refractivity contribution is 7.95. The second kappa shape index (κ2) is 11.4. The first-order valence-corrected chi connectivity index (χ1v) is 14.3. The molecule has 0 aliphatic carbocycles. The maximum Gasteiger partial charge on any atom is 0.128 e. The van der Waals surface area contributed by atoms with Gasteiger partial charge in [0.15, 0.2) is 0 Å². The molecule has 36 heavy (non-hydrogen) atoms. The maximum absolute atomic E-state index is 6.04. The van der Waals surface area contributed by atoms with Crippen molar-refractivity contribution in [2.24, 2.45) is 0 Å². The van der Waals surface area contributed by atoms with Crippen molar-refractivity contribution in [3.8, 4) is 11.5 Å². The van der Waals surface area contributed by atoms with Gasteiger partial charge in [-0.25, -0.2) is 0 Å². The van der Waals surface area contributed by atoms with Gasteiger partial charge in [0.25, 0.3) is 0 Å². The van der Waals surface area contributed by atoms with Gasteiger partial charge in [0.2, 0.25) is 0 Å². The smallest absolute Gasteiger partial charge is 0.128 e. The van der Waals surface area contributed by atoms with Crippen molar-refractivity contribution in [3.05, 3.63) is 156 Å². The minimum absolute atomic E-state index is 0.695. The molecule has 176 valence electrons. The summed E-state index contributed by atoms with van der Waals surface area (Å²) in [6.07, 6.45) is 5.45. The quantitative estimate of drug-likeness (QED) is 0.193. The van der Waals surface area contributed by atoms with Crippen LogP contribution in [0.3, 0.4) is 0 Å². The lowest BCUT2D eigenvalue weighted by molar-refractivity contribution is 0.482. The molecule has 0 aliphatic rings. The van der Waals surface area contributed by atoms with Crippen LogP contribution >= 0.6 is 18.9 Å². The Morgan fingerprint density at radius 2 is 1.08 bits per heavy atom. The van der Waals surface area contributed by atoms with Crippen LogP contribution < -0.4 is 20.7 Å². The highest BCUT2D eigenvalue weighted by Gasteiger charge is 2.44. The zero-order chi connectivity index (χ0) is 24.6. The molecule has 1 nitrogen and oxygen atoms in total. The lowest BCUT2D eigenvalue weighted by atomic mass is 10.2. The topological polar surface area (TPSA) is 9.23 Å². The van der Waals surface area contributed by atoms with Gasteiger partial charge in [0.05, 0.1) is 6.16 Å². The van der Waals surface area contributed by atoms with E-state index in [1.807, 2.05) is 36.4 Å². The van der Waals surface area contributed by atoms with Crippen molar-refractivity contribution >= 4 is 40.9 Å². The van der Waals surface area contributed by atoms with Gasteiger partial charge in [-0.3, -0.25) is 0 Å². The molecule has 0 aliphatic heterocycles. The van der Waals surface area contributed by atoms with Gasteiger partial charge in [-0.05, 0) is 84.4 Å². The lowest BCUT2D eigenvalue weighted by Crippen LogP contribution is -2.32. The Morgan fingerprint density at radius 1 is 0.556 bits per heavy atom. The first kappa shape index (κ1) is 24.1. The third-order valence-electron chi connectivity index (χ3n) is 6.19. The molecule has 0 bridgehead atoms. The van der Waals surface area contributed by atoms with Crippen LogP contribution in [0, 0.1) is 0 Å². The molecule has 0 N–H and O–H groups in total. The second-order valence-corrected chi connectivity index (χ2v) is 12.5. The molecular formula is C33H27ClOP+. The van der Waals surface area contributed by atoms with Crippen molar-refractivity contribution in [3.63, 3.8) is 0 Å². The highest BCUT2D eigenvalue weighted by atomic mass is 35.5. The molecule has 0 saturated heterocycles. The summed E-state index contributed by atoms with van der Waals surface area (Å²) < 4.78 is 6.04. The van der Waals surface area contributed by atoms with E-state index in [1.54, 1.807) is 0 Å². The fraction of sp³-hybridized carbons (Fsp3) is 0.0303. The van der Waals surface area contributed by atoms with Gasteiger partial charge in [-0.2, -0.15) is 0 Å². The highest BCUT2D eigenvalue weighted by Crippen LogP contribution is 2.55. The Hall–Kier alpha value is -3.64. The van der Waals surface area contributed by atoms with E-state index in [1.165, 1.54) is 15.9 Å². The summed E-state index contributed by atoms with van der Waals surface area (Å²) in [7, 11) is -1.89. The average Bonchev–Trinajstić information content (AvgIpc) is 2.94. The van der Waals surface area contributed by atoms with Crippen molar-refractivity contribution in [2.75, 3.05) is 6.16 Å². The molecule has 0 saturated carbocycles. The molecule has 5 aromatic rings. The summed E-state index contributed by atoms with van der Waals surface area (Å²) in [5, 5.41) is 4.84. The summed E-state index contributed by atoms with van der Waals surface area (Å²) in [6, 6.07) is 48.5. The predicted molar refractivity (Wildman–Crippen MR) is 157 cm³/mol. The number of hydrogen-bond acceptors (Lipinski definition) is 1. The second-order valence-electron chi connectivity index (χ2n) is 8.53. The summed E-state index contributed by atoms with van der Waals surface area (Å²) in [4.78, 5) is 0. The Morgan fingerprint density at radius 3 is 1.61 bits per heavy atom. The molecule has 0 unspecified atom stereocenters. The molecule has 5 rings (SSSR count). The summed E-state index contributed by atoms with van der Waals surface area (Å²) in [5.74, 6) is 1.57. The zero-order valence-corrected chi connectivity index (χ0v) is 21.5. The molecule has 0 amide bonds. The van der Waals surface area contributed by atoms with E-state index in [-0.39, 0.29) is 0 Å². The van der Waals surface area contributed by atoms with Crippen molar-refractivity contribution < 1.29 is 4.74 Å². The maximum atomic E-state index is 6.04. The van der Waals surface area contributed by atoms with Gasteiger partial charge in [-0.1, -0.05) is 84.4 Å². The van der Waals surface area contributed by atoms with Crippen LogP contribution in [-0.4, -0.2) is 6.16 Å². The number of rotatable bonds is 8. The largest absolute Gasteiger partial charge is 0.457 e. The number of benzene rings is 5. The number of allylic oxidation sites excluding steroid dienone is 1. The zero-order valence-electron chi connectivity index (χ0n) is 19.9. The Kier molecular flexibility index (Phi) is 7.62. The molecule has 0 atom stereocenters. The third-order valence-corrected chi connectivity index (χ3v) is 10.7. The van der Waals surface area contributed by atoms with Gasteiger partial charge < -0.3 is 4.74 Å². The number of ether oxygens (including phenoxy) is 1. The van der Waals surface area contributed by atoms with E-state index in [0.29, 0.717) is 5.02 Å². The first-order valence-electron chi connectivity index (χ1n) is 12.0. The van der Waals surface area contributed by atoms with Crippen LogP contribution in [0.1, 0.15) is 5.56 Å². The molecule has 0 heterocycles. The Balaban J connectivity index is 1.49. The van der Waals surface area contributed by atoms with Crippen LogP contribution in [0.2, 0.25) is 5.02 Å². The minimum Gasteiger partial charge on any atom is -0.457 e. The lowest BCUT2D eigenvalue weighted by Gasteiger charge is -2.26. The van der Waals surface area contributed by atoms with Gasteiger partial charge >= 0.3 is 0 Å². The van der Waals surface area contributed by atoms with Gasteiger partial charge in [-0.15, -0.1) is 0 Å². The summed E-state index contributed by atoms with van der Waals surface area (Å²) in [5.41, 5.74) is 1.11. The van der Waals surface area contributed by atoms with Crippen LogP contribution in [0.25, 0.3) is 6.08 Å². The molecule has 0 fully saturated rings. The molecule has 5 aromatic carbocycles. The Bertz CT molecular complexity index is 1320. The van der Waals surface area contributed by atoms with E-state index >= 15 is 0 Å². The molecule has 0 aromatic heterocycles. The van der Waals surface area contributed by atoms with Crippen LogP contribution in [0.5, 0.6) is 11.5 Å². The van der Waals surface area contributed by atoms with Crippen molar-refractivity contribution in [1.82, 2.24) is 0 Å². The summed E-state index contributed by atoms with van der Waals surface area (Å²) >= 11 is 6.00. The van der Waals surface area contributed by atoms with Crippen molar-refractivity contribution in [2.45, 2.75) is 0 Å². The summed E-state index contributed by atoms with van der Waals surface area (Å²) in [6.45, 7) is 0. The fourth-order valence-corrected chi connectivity index (χ4v) is 8.60. The van der Waals surface area contributed by atoms with E-state index < -0.39 is 7.26 Å². The first-order chi connectivity index (χ1) is 17.7.